The van der Waals surface area contributed by atoms with Crippen LogP contribution in [0.2, 0.25) is 0 Å². The van der Waals surface area contributed by atoms with Gasteiger partial charge in [-0.2, -0.15) is 0 Å². The van der Waals surface area contributed by atoms with Crippen LogP contribution in [-0.2, 0) is 4.74 Å². The molecule has 2 aromatic rings. The Kier molecular flexibility index (Phi) is 5.21. The number of aryl methyl sites for hydroxylation is 1. The molecule has 0 aromatic heterocycles. The number of carbonyl (C=O) groups is 1. The molecule has 0 unspecified atom stereocenters. The van der Waals surface area contributed by atoms with E-state index >= 15 is 0 Å². The van der Waals surface area contributed by atoms with Crippen molar-refractivity contribution in [2.45, 2.75) is 26.3 Å². The molecule has 2 aromatic carbocycles. The molecule has 0 bridgehead atoms. The van der Waals surface area contributed by atoms with Gasteiger partial charge in [-0.25, -0.2) is 0 Å². The Morgan fingerprint density at radius 2 is 1.68 bits per heavy atom. The van der Waals surface area contributed by atoms with Crippen LogP contribution < -0.4 is 4.74 Å². The molecule has 0 spiro atoms. The third-order valence-corrected chi connectivity index (χ3v) is 4.74. The highest BCUT2D eigenvalue weighted by atomic mass is 16.5. The first kappa shape index (κ1) is 17.6. The summed E-state index contributed by atoms with van der Waals surface area (Å²) in [4.78, 5) is 15.5. The second kappa shape index (κ2) is 7.38. The monoisotopic (exact) mass is 339 g/mol. The van der Waals surface area contributed by atoms with Crippen LogP contribution in [0.15, 0.2) is 48.5 Å². The number of Topliss-reactive ketones (excluding diaryl/α,β-unsaturated/α-hetero) is 1. The molecule has 132 valence electrons. The number of para-hydroxylation sites is 1. The molecule has 1 saturated heterocycles. The summed E-state index contributed by atoms with van der Waals surface area (Å²) in [6.45, 7) is 8.84. The predicted molar refractivity (Wildman–Crippen MR) is 98.5 cm³/mol. The Balaban J connectivity index is 1.86. The van der Waals surface area contributed by atoms with E-state index in [2.05, 4.69) is 4.90 Å². The van der Waals surface area contributed by atoms with E-state index in [-0.39, 0.29) is 5.78 Å². The normalized spacial score (nSPS) is 15.8. The smallest absolute Gasteiger partial charge is 0.186 e. The molecular formula is C21H25NO3. The minimum Gasteiger partial charge on any atom is -0.457 e. The van der Waals surface area contributed by atoms with E-state index in [0.29, 0.717) is 24.5 Å². The second-order valence-electron chi connectivity index (χ2n) is 6.90. The molecule has 1 aliphatic heterocycles. The van der Waals surface area contributed by atoms with E-state index in [1.807, 2.05) is 69.3 Å². The Morgan fingerprint density at radius 3 is 2.36 bits per heavy atom. The highest BCUT2D eigenvalue weighted by molar-refractivity contribution is 6.04. The number of rotatable bonds is 5. The highest BCUT2D eigenvalue weighted by Gasteiger charge is 2.37. The van der Waals surface area contributed by atoms with E-state index in [9.17, 15) is 4.79 Å². The van der Waals surface area contributed by atoms with Gasteiger partial charge >= 0.3 is 0 Å². The molecule has 0 N–H and O–H groups in total. The predicted octanol–water partition coefficient (Wildman–Crippen LogP) is 4.08. The molecule has 0 aliphatic carbocycles. The SMILES string of the molecule is Cc1ccc(Oc2ccccc2C(=O)C(C)(C)N2CCOCC2)cc1. The van der Waals surface area contributed by atoms with Gasteiger partial charge < -0.3 is 9.47 Å². The molecule has 0 saturated carbocycles. The summed E-state index contributed by atoms with van der Waals surface area (Å²) in [5.41, 5.74) is 1.18. The Bertz CT molecular complexity index is 731. The van der Waals surface area contributed by atoms with E-state index in [0.717, 1.165) is 18.8 Å². The lowest BCUT2D eigenvalue weighted by Gasteiger charge is -2.39. The first-order valence-electron chi connectivity index (χ1n) is 8.69. The van der Waals surface area contributed by atoms with Gasteiger partial charge in [-0.3, -0.25) is 9.69 Å². The van der Waals surface area contributed by atoms with Crippen molar-refractivity contribution in [2.24, 2.45) is 0 Å². The van der Waals surface area contributed by atoms with Gasteiger partial charge in [0.25, 0.3) is 0 Å². The number of morpholine rings is 1. The lowest BCUT2D eigenvalue weighted by atomic mass is 9.90. The standard InChI is InChI=1S/C21H25NO3/c1-16-8-10-17(11-9-16)25-19-7-5-4-6-18(19)20(23)21(2,3)22-12-14-24-15-13-22/h4-11H,12-15H2,1-3H3. The Labute approximate surface area is 149 Å². The minimum absolute atomic E-state index is 0.0668. The van der Waals surface area contributed by atoms with Crippen LogP contribution >= 0.6 is 0 Å². The lowest BCUT2D eigenvalue weighted by molar-refractivity contribution is -0.00436. The van der Waals surface area contributed by atoms with Crippen LogP contribution in [0.25, 0.3) is 0 Å². The van der Waals surface area contributed by atoms with Gasteiger partial charge in [0.15, 0.2) is 5.78 Å². The van der Waals surface area contributed by atoms with Crippen molar-refractivity contribution in [3.05, 3.63) is 59.7 Å². The van der Waals surface area contributed by atoms with Crippen molar-refractivity contribution in [1.82, 2.24) is 4.90 Å². The van der Waals surface area contributed by atoms with Crippen LogP contribution in [0.4, 0.5) is 0 Å². The fourth-order valence-electron chi connectivity index (χ4n) is 3.07. The molecule has 25 heavy (non-hydrogen) atoms. The summed E-state index contributed by atoms with van der Waals surface area (Å²) >= 11 is 0. The van der Waals surface area contributed by atoms with Crippen LogP contribution in [0.5, 0.6) is 11.5 Å². The van der Waals surface area contributed by atoms with Crippen LogP contribution in [0, 0.1) is 6.92 Å². The fraction of sp³-hybridized carbons (Fsp3) is 0.381. The number of hydrogen-bond acceptors (Lipinski definition) is 4. The topological polar surface area (TPSA) is 38.8 Å². The van der Waals surface area contributed by atoms with Crippen molar-refractivity contribution >= 4 is 5.78 Å². The van der Waals surface area contributed by atoms with Crippen molar-refractivity contribution < 1.29 is 14.3 Å². The summed E-state index contributed by atoms with van der Waals surface area (Å²) in [5, 5.41) is 0. The number of benzene rings is 2. The average molecular weight is 339 g/mol. The van der Waals surface area contributed by atoms with E-state index < -0.39 is 5.54 Å². The summed E-state index contributed by atoms with van der Waals surface area (Å²) in [7, 11) is 0. The van der Waals surface area contributed by atoms with Crippen LogP contribution in [0.3, 0.4) is 0 Å². The molecule has 1 aliphatic rings. The van der Waals surface area contributed by atoms with E-state index in [1.54, 1.807) is 0 Å². The largest absolute Gasteiger partial charge is 0.457 e. The number of carbonyl (C=O) groups excluding carboxylic acids is 1. The first-order valence-corrected chi connectivity index (χ1v) is 8.69. The number of ether oxygens (including phenoxy) is 2. The maximum Gasteiger partial charge on any atom is 0.186 e. The van der Waals surface area contributed by atoms with Crippen molar-refractivity contribution in [2.75, 3.05) is 26.3 Å². The molecule has 0 radical (unpaired) electrons. The van der Waals surface area contributed by atoms with Gasteiger partial charge in [0.2, 0.25) is 0 Å². The van der Waals surface area contributed by atoms with Gasteiger partial charge in [0, 0.05) is 13.1 Å². The Morgan fingerprint density at radius 1 is 1.04 bits per heavy atom. The number of nitrogens with zero attached hydrogens (tertiary/aromatic N) is 1. The van der Waals surface area contributed by atoms with Gasteiger partial charge in [-0.15, -0.1) is 0 Å². The third-order valence-electron chi connectivity index (χ3n) is 4.74. The van der Waals surface area contributed by atoms with Gasteiger partial charge in [0.05, 0.1) is 24.3 Å². The molecular weight excluding hydrogens is 314 g/mol. The summed E-state index contributed by atoms with van der Waals surface area (Å²) in [6.07, 6.45) is 0. The number of hydrogen-bond donors (Lipinski definition) is 0. The fourth-order valence-corrected chi connectivity index (χ4v) is 3.07. The maximum atomic E-state index is 13.3. The van der Waals surface area contributed by atoms with Crippen LogP contribution in [0.1, 0.15) is 29.8 Å². The quantitative estimate of drug-likeness (QED) is 0.770. The third kappa shape index (κ3) is 3.91. The van der Waals surface area contributed by atoms with Gasteiger partial charge in [-0.05, 0) is 45.0 Å². The zero-order valence-electron chi connectivity index (χ0n) is 15.1. The minimum atomic E-state index is -0.601. The Hall–Kier alpha value is -2.17. The maximum absolute atomic E-state index is 13.3. The number of ketones is 1. The average Bonchev–Trinajstić information content (AvgIpc) is 2.64. The van der Waals surface area contributed by atoms with Crippen molar-refractivity contribution in [3.8, 4) is 11.5 Å². The summed E-state index contributed by atoms with van der Waals surface area (Å²) < 4.78 is 11.4. The lowest BCUT2D eigenvalue weighted by Crippen LogP contribution is -2.54. The summed E-state index contributed by atoms with van der Waals surface area (Å²) in [6, 6.07) is 15.3. The van der Waals surface area contributed by atoms with Crippen molar-refractivity contribution in [1.29, 1.82) is 0 Å². The molecule has 1 heterocycles. The molecule has 3 rings (SSSR count). The van der Waals surface area contributed by atoms with Gasteiger partial charge in [-0.1, -0.05) is 29.8 Å². The van der Waals surface area contributed by atoms with Crippen molar-refractivity contribution in [3.63, 3.8) is 0 Å². The molecule has 4 heteroatoms. The van der Waals surface area contributed by atoms with E-state index in [1.165, 1.54) is 5.56 Å². The van der Waals surface area contributed by atoms with Gasteiger partial charge in [0.1, 0.15) is 11.5 Å². The van der Waals surface area contributed by atoms with Crippen LogP contribution in [-0.4, -0.2) is 42.5 Å². The molecule has 0 amide bonds. The zero-order chi connectivity index (χ0) is 17.9. The highest BCUT2D eigenvalue weighted by Crippen LogP contribution is 2.30. The summed E-state index contributed by atoms with van der Waals surface area (Å²) in [5.74, 6) is 1.39. The second-order valence-corrected chi connectivity index (χ2v) is 6.90. The molecule has 1 fully saturated rings. The zero-order valence-corrected chi connectivity index (χ0v) is 15.1. The van der Waals surface area contributed by atoms with E-state index in [4.69, 9.17) is 9.47 Å². The first-order chi connectivity index (χ1) is 12.0. The molecule has 4 nitrogen and oxygen atoms in total. The molecule has 0 atom stereocenters.